The molecule has 0 aromatic carbocycles. The molecule has 0 fully saturated rings. The molecule has 25 heavy (non-hydrogen) atoms. The summed E-state index contributed by atoms with van der Waals surface area (Å²) in [4.78, 5) is 17.5. The van der Waals surface area contributed by atoms with Gasteiger partial charge in [0.2, 0.25) is 5.16 Å². The van der Waals surface area contributed by atoms with Crippen molar-refractivity contribution in [3.8, 4) is 11.3 Å². The third kappa shape index (κ3) is 2.74. The zero-order valence-electron chi connectivity index (χ0n) is 13.4. The van der Waals surface area contributed by atoms with E-state index in [1.165, 1.54) is 12.0 Å². The maximum absolute atomic E-state index is 11.8. The maximum Gasteiger partial charge on any atom is 0.342 e. The number of rotatable bonds is 4. The molecule has 1 unspecified atom stereocenters. The Morgan fingerprint density at radius 3 is 2.76 bits per heavy atom. The molecule has 0 aliphatic rings. The second-order valence-electron chi connectivity index (χ2n) is 5.13. The molecule has 4 rings (SSSR count). The minimum atomic E-state index is -1.26. The van der Waals surface area contributed by atoms with Crippen LogP contribution in [0.1, 0.15) is 0 Å². The molecule has 0 N–H and O–H groups in total. The summed E-state index contributed by atoms with van der Waals surface area (Å²) in [7, 11) is 1.60. The zero-order chi connectivity index (χ0) is 17.4. The fourth-order valence-corrected chi connectivity index (χ4v) is 3.68. The van der Waals surface area contributed by atoms with E-state index in [0.29, 0.717) is 16.0 Å². The molecule has 4 aromatic heterocycles. The number of fused-ring (bicyclic) bond motifs is 3. The number of pyridine rings is 1. The minimum Gasteiger partial charge on any atom is -0.609 e. The lowest BCUT2D eigenvalue weighted by atomic mass is 10.1. The molecule has 0 bridgehead atoms. The van der Waals surface area contributed by atoms with Crippen LogP contribution in [0.2, 0.25) is 0 Å². The molecule has 0 amide bonds. The average molecular weight is 371 g/mol. The van der Waals surface area contributed by atoms with Gasteiger partial charge in [0.1, 0.15) is 11.9 Å². The van der Waals surface area contributed by atoms with Gasteiger partial charge in [-0.15, -0.1) is 0 Å². The van der Waals surface area contributed by atoms with Crippen LogP contribution in [0.3, 0.4) is 0 Å². The molecule has 9 heteroatoms. The quantitative estimate of drug-likeness (QED) is 0.310. The SMILES string of the molecule is COSc1nccc2c(-c3ccnc([S+](C)[O-])n3)c3cccnc3n12. The maximum atomic E-state index is 11.8. The van der Waals surface area contributed by atoms with E-state index in [1.807, 2.05) is 28.7 Å². The second-order valence-corrected chi connectivity index (χ2v) is 7.26. The van der Waals surface area contributed by atoms with Gasteiger partial charge in [0.25, 0.3) is 0 Å². The smallest absolute Gasteiger partial charge is 0.342 e. The van der Waals surface area contributed by atoms with E-state index in [1.54, 1.807) is 32.0 Å². The first-order chi connectivity index (χ1) is 12.2. The van der Waals surface area contributed by atoms with Gasteiger partial charge >= 0.3 is 5.16 Å². The standard InChI is InChI=1S/C16H13N5O2S2/c1-23-24-16-19-9-6-12-13(10-4-3-7-17-14(10)21(12)16)11-5-8-18-15(20-11)25(2)22/h3-9H,1-2H3. The molecular weight excluding hydrogens is 358 g/mol. The van der Waals surface area contributed by atoms with Crippen molar-refractivity contribution in [3.05, 3.63) is 42.9 Å². The Balaban J connectivity index is 2.09. The van der Waals surface area contributed by atoms with Gasteiger partial charge in [-0.25, -0.2) is 9.97 Å². The fraction of sp³-hybridized carbons (Fsp3) is 0.125. The van der Waals surface area contributed by atoms with Crippen LogP contribution in [-0.2, 0) is 15.4 Å². The number of nitrogens with zero attached hydrogens (tertiary/aromatic N) is 5. The van der Waals surface area contributed by atoms with Crippen molar-refractivity contribution >= 4 is 39.8 Å². The monoisotopic (exact) mass is 371 g/mol. The predicted molar refractivity (Wildman–Crippen MR) is 96.7 cm³/mol. The number of hydrogen-bond acceptors (Lipinski definition) is 7. The van der Waals surface area contributed by atoms with Gasteiger partial charge in [0, 0.05) is 40.7 Å². The van der Waals surface area contributed by atoms with Crippen LogP contribution in [0.5, 0.6) is 0 Å². The molecule has 126 valence electrons. The Bertz CT molecular complexity index is 1070. The molecule has 4 aromatic rings. The minimum absolute atomic E-state index is 0.300. The average Bonchev–Trinajstić information content (AvgIpc) is 2.97. The van der Waals surface area contributed by atoms with Crippen LogP contribution in [0, 0.1) is 0 Å². The van der Waals surface area contributed by atoms with Crippen LogP contribution in [0.15, 0.2) is 53.2 Å². The van der Waals surface area contributed by atoms with E-state index in [4.69, 9.17) is 4.18 Å². The highest BCUT2D eigenvalue weighted by molar-refractivity contribution is 7.94. The lowest BCUT2D eigenvalue weighted by molar-refractivity contribution is 0.485. The van der Waals surface area contributed by atoms with Gasteiger partial charge in [-0.1, -0.05) is 0 Å². The van der Waals surface area contributed by atoms with Gasteiger partial charge in [-0.05, 0) is 24.3 Å². The van der Waals surface area contributed by atoms with Gasteiger partial charge in [-0.3, -0.25) is 4.40 Å². The van der Waals surface area contributed by atoms with Crippen molar-refractivity contribution < 1.29 is 8.74 Å². The van der Waals surface area contributed by atoms with Gasteiger partial charge in [0.15, 0.2) is 0 Å². The Hall–Kier alpha value is -2.20. The van der Waals surface area contributed by atoms with Crippen molar-refractivity contribution in [2.24, 2.45) is 0 Å². The van der Waals surface area contributed by atoms with E-state index in [2.05, 4.69) is 19.9 Å². The molecule has 0 saturated heterocycles. The summed E-state index contributed by atoms with van der Waals surface area (Å²) in [6, 6.07) is 7.57. The summed E-state index contributed by atoms with van der Waals surface area (Å²) in [5, 5.41) is 1.90. The summed E-state index contributed by atoms with van der Waals surface area (Å²) in [6.07, 6.45) is 6.64. The molecule has 0 saturated carbocycles. The van der Waals surface area contributed by atoms with E-state index in [-0.39, 0.29) is 0 Å². The number of aromatic nitrogens is 5. The predicted octanol–water partition coefficient (Wildman–Crippen LogP) is 2.73. The van der Waals surface area contributed by atoms with E-state index in [9.17, 15) is 4.55 Å². The molecular formula is C16H13N5O2S2. The Kier molecular flexibility index (Phi) is 4.30. The van der Waals surface area contributed by atoms with Crippen LogP contribution in [-0.4, -0.2) is 42.3 Å². The summed E-state index contributed by atoms with van der Waals surface area (Å²) >= 11 is -0.0902. The van der Waals surface area contributed by atoms with Crippen LogP contribution in [0.25, 0.3) is 27.8 Å². The first-order valence-corrected chi connectivity index (χ1v) is 9.62. The van der Waals surface area contributed by atoms with Crippen LogP contribution < -0.4 is 0 Å². The normalized spacial score (nSPS) is 12.8. The van der Waals surface area contributed by atoms with E-state index < -0.39 is 11.2 Å². The Morgan fingerprint density at radius 1 is 1.12 bits per heavy atom. The van der Waals surface area contributed by atoms with Crippen molar-refractivity contribution in [3.63, 3.8) is 0 Å². The molecule has 0 spiro atoms. The highest BCUT2D eigenvalue weighted by atomic mass is 32.2. The van der Waals surface area contributed by atoms with Crippen LogP contribution in [0.4, 0.5) is 0 Å². The van der Waals surface area contributed by atoms with Crippen molar-refractivity contribution in [2.45, 2.75) is 10.3 Å². The zero-order valence-corrected chi connectivity index (χ0v) is 15.0. The van der Waals surface area contributed by atoms with Crippen molar-refractivity contribution in [1.82, 2.24) is 24.3 Å². The Labute approximate surface area is 150 Å². The van der Waals surface area contributed by atoms with E-state index >= 15 is 0 Å². The fourth-order valence-electron chi connectivity index (χ4n) is 2.74. The summed E-state index contributed by atoms with van der Waals surface area (Å²) in [5.74, 6) is 0. The Morgan fingerprint density at radius 2 is 1.96 bits per heavy atom. The highest BCUT2D eigenvalue weighted by Gasteiger charge is 2.20. The van der Waals surface area contributed by atoms with Crippen molar-refractivity contribution in [2.75, 3.05) is 13.4 Å². The summed E-state index contributed by atoms with van der Waals surface area (Å²) < 4.78 is 18.9. The highest BCUT2D eigenvalue weighted by Crippen LogP contribution is 2.35. The van der Waals surface area contributed by atoms with Crippen LogP contribution >= 0.6 is 12.0 Å². The van der Waals surface area contributed by atoms with Crippen molar-refractivity contribution in [1.29, 1.82) is 0 Å². The molecule has 7 nitrogen and oxygen atoms in total. The summed E-state index contributed by atoms with van der Waals surface area (Å²) in [6.45, 7) is 0. The van der Waals surface area contributed by atoms with Gasteiger partial charge in [0.05, 0.1) is 30.4 Å². The first-order valence-electron chi connectivity index (χ1n) is 7.32. The third-order valence-corrected chi connectivity index (χ3v) is 4.99. The molecule has 0 aliphatic heterocycles. The lowest BCUT2D eigenvalue weighted by Crippen LogP contribution is -2.04. The lowest BCUT2D eigenvalue weighted by Gasteiger charge is -2.05. The molecule has 1 atom stereocenters. The summed E-state index contributed by atoms with van der Waals surface area (Å²) in [5.41, 5.74) is 3.26. The topological polar surface area (TPSA) is 88.3 Å². The third-order valence-electron chi connectivity index (χ3n) is 3.68. The van der Waals surface area contributed by atoms with Gasteiger partial charge < -0.3 is 8.74 Å². The number of hydrogen-bond donors (Lipinski definition) is 0. The van der Waals surface area contributed by atoms with Gasteiger partial charge in [-0.2, -0.15) is 9.97 Å². The molecule has 0 radical (unpaired) electrons. The second kappa shape index (κ2) is 6.60. The van der Waals surface area contributed by atoms with E-state index in [0.717, 1.165) is 22.1 Å². The first kappa shape index (κ1) is 16.3. The molecule has 0 aliphatic carbocycles. The molecule has 4 heterocycles. The largest absolute Gasteiger partial charge is 0.609 e.